The van der Waals surface area contributed by atoms with Gasteiger partial charge in [-0.15, -0.1) is 0 Å². The number of nitrogens with zero attached hydrogens (tertiary/aromatic N) is 1. The van der Waals surface area contributed by atoms with Crippen LogP contribution < -0.4 is 14.2 Å². The zero-order chi connectivity index (χ0) is 14.3. The normalized spacial score (nSPS) is 12.6. The average molecular weight is 271 g/mol. The molecule has 4 nitrogen and oxygen atoms in total. The highest BCUT2D eigenvalue weighted by Gasteiger charge is 2.18. The van der Waals surface area contributed by atoms with Crippen molar-refractivity contribution in [2.75, 3.05) is 13.9 Å². The molecular formula is C16H17NO3. The van der Waals surface area contributed by atoms with Crippen LogP contribution in [0.4, 0.5) is 0 Å². The quantitative estimate of drug-likeness (QED) is 0.839. The van der Waals surface area contributed by atoms with Crippen LogP contribution in [-0.4, -0.2) is 18.9 Å². The van der Waals surface area contributed by atoms with E-state index in [1.54, 1.807) is 7.11 Å². The molecule has 0 fully saturated rings. The molecule has 2 aromatic rings. The Bertz CT molecular complexity index is 680. The van der Waals surface area contributed by atoms with Crippen LogP contribution in [0.5, 0.6) is 17.4 Å². The number of hydrogen-bond acceptors (Lipinski definition) is 4. The van der Waals surface area contributed by atoms with E-state index in [1.807, 2.05) is 32.0 Å². The highest BCUT2D eigenvalue weighted by Crippen LogP contribution is 2.39. The van der Waals surface area contributed by atoms with Crippen molar-refractivity contribution in [3.8, 4) is 28.5 Å². The fourth-order valence-corrected chi connectivity index (χ4v) is 2.57. The summed E-state index contributed by atoms with van der Waals surface area (Å²) in [6.07, 6.45) is 0. The van der Waals surface area contributed by atoms with Gasteiger partial charge in [-0.05, 0) is 49.6 Å². The number of fused-ring (bicyclic) bond motifs is 1. The molecule has 0 saturated heterocycles. The van der Waals surface area contributed by atoms with Crippen LogP contribution >= 0.6 is 0 Å². The molecule has 0 bridgehead atoms. The van der Waals surface area contributed by atoms with Crippen LogP contribution in [0.2, 0.25) is 0 Å². The molecule has 1 aromatic carbocycles. The van der Waals surface area contributed by atoms with Gasteiger partial charge < -0.3 is 14.2 Å². The number of benzene rings is 1. The van der Waals surface area contributed by atoms with Crippen LogP contribution in [-0.2, 0) is 0 Å². The zero-order valence-electron chi connectivity index (χ0n) is 12.1. The maximum atomic E-state index is 5.46. The van der Waals surface area contributed by atoms with Gasteiger partial charge in [0, 0.05) is 11.3 Å². The highest BCUT2D eigenvalue weighted by molar-refractivity contribution is 5.75. The number of hydrogen-bond donors (Lipinski definition) is 0. The molecule has 0 radical (unpaired) electrons. The van der Waals surface area contributed by atoms with Crippen molar-refractivity contribution in [3.63, 3.8) is 0 Å². The summed E-state index contributed by atoms with van der Waals surface area (Å²) < 4.78 is 16.2. The molecule has 2 heterocycles. The van der Waals surface area contributed by atoms with Gasteiger partial charge in [-0.25, -0.2) is 4.98 Å². The smallest absolute Gasteiger partial charge is 0.231 e. The molecule has 3 rings (SSSR count). The maximum absolute atomic E-state index is 5.46. The molecule has 104 valence electrons. The maximum Gasteiger partial charge on any atom is 0.231 e. The number of methoxy groups -OCH3 is 1. The summed E-state index contributed by atoms with van der Waals surface area (Å²) in [5, 5.41) is 0. The van der Waals surface area contributed by atoms with E-state index in [2.05, 4.69) is 11.9 Å². The molecular weight excluding hydrogens is 254 g/mol. The highest BCUT2D eigenvalue weighted by atomic mass is 16.7. The Kier molecular flexibility index (Phi) is 3.01. The Labute approximate surface area is 118 Å². The van der Waals surface area contributed by atoms with Crippen molar-refractivity contribution >= 4 is 0 Å². The summed E-state index contributed by atoms with van der Waals surface area (Å²) in [4.78, 5) is 4.47. The molecule has 0 N–H and O–H groups in total. The molecule has 1 aliphatic heterocycles. The van der Waals surface area contributed by atoms with Gasteiger partial charge in [0.2, 0.25) is 12.7 Å². The minimum absolute atomic E-state index is 0.287. The summed E-state index contributed by atoms with van der Waals surface area (Å²) >= 11 is 0. The van der Waals surface area contributed by atoms with E-state index >= 15 is 0 Å². The Morgan fingerprint density at radius 3 is 2.55 bits per heavy atom. The Hall–Kier alpha value is -2.23. The second kappa shape index (κ2) is 4.71. The van der Waals surface area contributed by atoms with E-state index in [1.165, 1.54) is 0 Å². The third-order valence-corrected chi connectivity index (χ3v) is 3.74. The summed E-state index contributed by atoms with van der Waals surface area (Å²) in [7, 11) is 1.65. The second-order valence-electron chi connectivity index (χ2n) is 4.90. The van der Waals surface area contributed by atoms with Gasteiger partial charge in [0.25, 0.3) is 0 Å². The van der Waals surface area contributed by atoms with E-state index in [0.717, 1.165) is 39.4 Å². The number of pyridine rings is 1. The van der Waals surface area contributed by atoms with Crippen LogP contribution in [0.15, 0.2) is 18.2 Å². The van der Waals surface area contributed by atoms with E-state index in [4.69, 9.17) is 14.2 Å². The van der Waals surface area contributed by atoms with E-state index < -0.39 is 0 Å². The lowest BCUT2D eigenvalue weighted by molar-refractivity contribution is 0.174. The van der Waals surface area contributed by atoms with Gasteiger partial charge in [-0.2, -0.15) is 0 Å². The molecule has 20 heavy (non-hydrogen) atoms. The first-order chi connectivity index (χ1) is 9.61. The van der Waals surface area contributed by atoms with Crippen molar-refractivity contribution in [2.24, 2.45) is 0 Å². The molecule has 4 heteroatoms. The van der Waals surface area contributed by atoms with Crippen LogP contribution in [0, 0.1) is 20.8 Å². The van der Waals surface area contributed by atoms with Crippen LogP contribution in [0.25, 0.3) is 11.1 Å². The number of ether oxygens (including phenoxy) is 3. The number of rotatable bonds is 2. The van der Waals surface area contributed by atoms with Gasteiger partial charge in [-0.3, -0.25) is 0 Å². The molecule has 0 amide bonds. The zero-order valence-corrected chi connectivity index (χ0v) is 12.1. The minimum Gasteiger partial charge on any atom is -0.481 e. The monoisotopic (exact) mass is 271 g/mol. The molecule has 0 aliphatic carbocycles. The SMILES string of the molecule is COc1nc(C)c(C)c(-c2ccc3c(c2)OCO3)c1C. The standard InChI is InChI=1S/C16H17NO3/c1-9-11(3)17-16(18-4)10(2)15(9)12-5-6-13-14(7-12)20-8-19-13/h5-7H,8H2,1-4H3. The van der Waals surface area contributed by atoms with Crippen molar-refractivity contribution in [2.45, 2.75) is 20.8 Å². The Morgan fingerprint density at radius 1 is 1.05 bits per heavy atom. The predicted octanol–water partition coefficient (Wildman–Crippen LogP) is 3.41. The predicted molar refractivity (Wildman–Crippen MR) is 76.6 cm³/mol. The fraction of sp³-hybridized carbons (Fsp3) is 0.312. The first-order valence-electron chi connectivity index (χ1n) is 6.53. The Morgan fingerprint density at radius 2 is 1.80 bits per heavy atom. The lowest BCUT2D eigenvalue weighted by atomic mass is 9.95. The molecule has 0 atom stereocenters. The first-order valence-corrected chi connectivity index (χ1v) is 6.53. The molecule has 1 aliphatic rings. The summed E-state index contributed by atoms with van der Waals surface area (Å²) in [5.74, 6) is 2.25. The fourth-order valence-electron chi connectivity index (χ4n) is 2.57. The van der Waals surface area contributed by atoms with Crippen molar-refractivity contribution < 1.29 is 14.2 Å². The minimum atomic E-state index is 0.287. The molecule has 0 spiro atoms. The number of aromatic nitrogens is 1. The van der Waals surface area contributed by atoms with Gasteiger partial charge in [0.05, 0.1) is 7.11 Å². The van der Waals surface area contributed by atoms with Crippen molar-refractivity contribution in [1.82, 2.24) is 4.98 Å². The summed E-state index contributed by atoms with van der Waals surface area (Å²) in [5.41, 5.74) is 5.40. The third kappa shape index (κ3) is 1.88. The summed E-state index contributed by atoms with van der Waals surface area (Å²) in [6, 6.07) is 6.00. The van der Waals surface area contributed by atoms with E-state index in [-0.39, 0.29) is 6.79 Å². The van der Waals surface area contributed by atoms with Crippen molar-refractivity contribution in [3.05, 3.63) is 35.0 Å². The average Bonchev–Trinajstić information content (AvgIpc) is 2.90. The van der Waals surface area contributed by atoms with Gasteiger partial charge >= 0.3 is 0 Å². The van der Waals surface area contributed by atoms with E-state index in [0.29, 0.717) is 5.88 Å². The van der Waals surface area contributed by atoms with Gasteiger partial charge in [0.1, 0.15) is 0 Å². The summed E-state index contributed by atoms with van der Waals surface area (Å²) in [6.45, 7) is 6.39. The largest absolute Gasteiger partial charge is 0.481 e. The van der Waals surface area contributed by atoms with Crippen LogP contribution in [0.1, 0.15) is 16.8 Å². The van der Waals surface area contributed by atoms with Gasteiger partial charge in [-0.1, -0.05) is 6.07 Å². The van der Waals surface area contributed by atoms with Crippen LogP contribution in [0.3, 0.4) is 0 Å². The number of aryl methyl sites for hydroxylation is 1. The lowest BCUT2D eigenvalue weighted by Crippen LogP contribution is -2.00. The first kappa shape index (κ1) is 12.8. The Balaban J connectivity index is 2.21. The molecule has 0 unspecified atom stereocenters. The lowest BCUT2D eigenvalue weighted by Gasteiger charge is -2.15. The second-order valence-corrected chi connectivity index (χ2v) is 4.90. The van der Waals surface area contributed by atoms with E-state index in [9.17, 15) is 0 Å². The van der Waals surface area contributed by atoms with Gasteiger partial charge in [0.15, 0.2) is 11.5 Å². The third-order valence-electron chi connectivity index (χ3n) is 3.74. The van der Waals surface area contributed by atoms with Crippen molar-refractivity contribution in [1.29, 1.82) is 0 Å². The topological polar surface area (TPSA) is 40.6 Å². The molecule has 0 saturated carbocycles. The molecule has 1 aromatic heterocycles.